The van der Waals surface area contributed by atoms with Crippen molar-refractivity contribution in [2.75, 3.05) is 13.6 Å². The average molecular weight is 268 g/mol. The maximum absolute atomic E-state index is 6.30. The van der Waals surface area contributed by atoms with Gasteiger partial charge in [-0.2, -0.15) is 0 Å². The van der Waals surface area contributed by atoms with Crippen molar-refractivity contribution >= 4 is 11.6 Å². The first kappa shape index (κ1) is 13.9. The second kappa shape index (κ2) is 6.55. The molecule has 0 amide bonds. The Kier molecular flexibility index (Phi) is 5.04. The van der Waals surface area contributed by atoms with Crippen molar-refractivity contribution in [2.24, 2.45) is 0 Å². The normalized spacial score (nSPS) is 25.3. The van der Waals surface area contributed by atoms with Crippen molar-refractivity contribution in [3.8, 4) is 0 Å². The van der Waals surface area contributed by atoms with Crippen molar-refractivity contribution in [1.82, 2.24) is 5.32 Å². The van der Waals surface area contributed by atoms with Crippen LogP contribution in [0.2, 0.25) is 5.02 Å². The monoisotopic (exact) mass is 267 g/mol. The van der Waals surface area contributed by atoms with Gasteiger partial charge in [-0.15, -0.1) is 0 Å². The molecule has 3 heteroatoms. The van der Waals surface area contributed by atoms with Crippen LogP contribution in [0.3, 0.4) is 0 Å². The minimum atomic E-state index is 0.384. The maximum atomic E-state index is 6.30. The number of hydrogen-bond acceptors (Lipinski definition) is 2. The summed E-state index contributed by atoms with van der Waals surface area (Å²) in [5, 5.41) is 4.13. The summed E-state index contributed by atoms with van der Waals surface area (Å²) in [6, 6.07) is 8.14. The van der Waals surface area contributed by atoms with Crippen LogP contribution in [0, 0.1) is 0 Å². The fraction of sp³-hybridized carbons (Fsp3) is 0.600. The molecular formula is C15H22ClNO. The van der Waals surface area contributed by atoms with Gasteiger partial charge < -0.3 is 10.1 Å². The topological polar surface area (TPSA) is 21.3 Å². The summed E-state index contributed by atoms with van der Waals surface area (Å²) in [6.45, 7) is 3.10. The molecular weight excluding hydrogens is 246 g/mol. The number of hydrogen-bond donors (Lipinski definition) is 1. The zero-order valence-corrected chi connectivity index (χ0v) is 11.9. The van der Waals surface area contributed by atoms with Gasteiger partial charge in [0.1, 0.15) is 0 Å². The van der Waals surface area contributed by atoms with Crippen LogP contribution in [0.25, 0.3) is 0 Å². The highest BCUT2D eigenvalue weighted by atomic mass is 35.5. The van der Waals surface area contributed by atoms with Crippen LogP contribution in [0.15, 0.2) is 24.3 Å². The van der Waals surface area contributed by atoms with Crippen LogP contribution in [-0.4, -0.2) is 25.8 Å². The second-order valence-corrected chi connectivity index (χ2v) is 5.57. The minimum absolute atomic E-state index is 0.384. The molecule has 1 aliphatic heterocycles. The summed E-state index contributed by atoms with van der Waals surface area (Å²) < 4.78 is 5.93. The largest absolute Gasteiger partial charge is 0.375 e. The van der Waals surface area contributed by atoms with Crippen LogP contribution in [0.4, 0.5) is 0 Å². The van der Waals surface area contributed by atoms with Crippen LogP contribution in [0.1, 0.15) is 37.7 Å². The minimum Gasteiger partial charge on any atom is -0.375 e. The average Bonchev–Trinajstić information content (AvgIpc) is 2.75. The Morgan fingerprint density at radius 2 is 2.17 bits per heavy atom. The zero-order valence-electron chi connectivity index (χ0n) is 11.2. The summed E-state index contributed by atoms with van der Waals surface area (Å²) in [5.41, 5.74) is 1.23. The highest BCUT2D eigenvalue weighted by molar-refractivity contribution is 6.31. The van der Waals surface area contributed by atoms with Gasteiger partial charge in [0.2, 0.25) is 0 Å². The summed E-state index contributed by atoms with van der Waals surface area (Å²) in [4.78, 5) is 0. The lowest BCUT2D eigenvalue weighted by atomic mass is 9.92. The molecule has 0 saturated carbocycles. The fourth-order valence-corrected chi connectivity index (χ4v) is 3.04. The van der Waals surface area contributed by atoms with E-state index in [-0.39, 0.29) is 0 Å². The van der Waals surface area contributed by atoms with Gasteiger partial charge in [0.25, 0.3) is 0 Å². The van der Waals surface area contributed by atoms with Gasteiger partial charge in [-0.25, -0.2) is 0 Å². The van der Waals surface area contributed by atoms with E-state index in [4.69, 9.17) is 16.3 Å². The number of halogens is 1. The molecule has 1 N–H and O–H groups in total. The summed E-state index contributed by atoms with van der Waals surface area (Å²) in [5.74, 6) is 0.430. The Morgan fingerprint density at radius 1 is 1.39 bits per heavy atom. The molecule has 0 spiro atoms. The van der Waals surface area contributed by atoms with Crippen molar-refractivity contribution in [3.63, 3.8) is 0 Å². The molecule has 0 radical (unpaired) electrons. The van der Waals surface area contributed by atoms with E-state index >= 15 is 0 Å². The van der Waals surface area contributed by atoms with E-state index in [1.807, 2.05) is 19.2 Å². The van der Waals surface area contributed by atoms with E-state index in [1.165, 1.54) is 18.4 Å². The lowest BCUT2D eigenvalue weighted by Crippen LogP contribution is -2.22. The Balaban J connectivity index is 2.06. The van der Waals surface area contributed by atoms with Crippen LogP contribution >= 0.6 is 11.6 Å². The molecule has 0 aromatic heterocycles. The standard InChI is InChI=1S/C15H22ClNO/c1-11-7-8-13(18-11)9-12(10-17-2)14-5-3-4-6-15(14)16/h3-6,11-13,17H,7-10H2,1-2H3. The molecule has 100 valence electrons. The highest BCUT2D eigenvalue weighted by Gasteiger charge is 2.26. The van der Waals surface area contributed by atoms with Crippen molar-refractivity contribution in [1.29, 1.82) is 0 Å². The molecule has 2 rings (SSSR count). The summed E-state index contributed by atoms with van der Waals surface area (Å²) in [6.07, 6.45) is 4.20. The van der Waals surface area contributed by atoms with Crippen molar-refractivity contribution < 1.29 is 4.74 Å². The second-order valence-electron chi connectivity index (χ2n) is 5.16. The molecule has 3 atom stereocenters. The third kappa shape index (κ3) is 3.47. The van der Waals surface area contributed by atoms with Crippen LogP contribution in [-0.2, 0) is 4.74 Å². The van der Waals surface area contributed by atoms with Crippen LogP contribution in [0.5, 0.6) is 0 Å². The fourth-order valence-electron chi connectivity index (χ4n) is 2.75. The SMILES string of the molecule is CNCC(CC1CCC(C)O1)c1ccccc1Cl. The Labute approximate surface area is 115 Å². The highest BCUT2D eigenvalue weighted by Crippen LogP contribution is 2.32. The van der Waals surface area contributed by atoms with E-state index in [0.717, 1.165) is 18.0 Å². The van der Waals surface area contributed by atoms with Gasteiger partial charge in [-0.05, 0) is 44.9 Å². The molecule has 1 aromatic carbocycles. The van der Waals surface area contributed by atoms with E-state index in [1.54, 1.807) is 0 Å². The van der Waals surface area contributed by atoms with Gasteiger partial charge in [0, 0.05) is 17.5 Å². The van der Waals surface area contributed by atoms with E-state index in [0.29, 0.717) is 18.1 Å². The number of benzene rings is 1. The van der Waals surface area contributed by atoms with Gasteiger partial charge in [0.15, 0.2) is 0 Å². The van der Waals surface area contributed by atoms with Crippen molar-refractivity contribution in [2.45, 2.75) is 44.3 Å². The van der Waals surface area contributed by atoms with E-state index in [9.17, 15) is 0 Å². The molecule has 2 nitrogen and oxygen atoms in total. The van der Waals surface area contributed by atoms with Crippen molar-refractivity contribution in [3.05, 3.63) is 34.9 Å². The van der Waals surface area contributed by atoms with Crippen LogP contribution < -0.4 is 5.32 Å². The third-order valence-electron chi connectivity index (χ3n) is 3.66. The Bertz CT molecular complexity index is 383. The predicted molar refractivity (Wildman–Crippen MR) is 76.3 cm³/mol. The zero-order chi connectivity index (χ0) is 13.0. The third-order valence-corrected chi connectivity index (χ3v) is 4.01. The number of likely N-dealkylation sites (N-methyl/N-ethyl adjacent to an activating group) is 1. The van der Waals surface area contributed by atoms with Gasteiger partial charge >= 0.3 is 0 Å². The molecule has 1 heterocycles. The molecule has 1 fully saturated rings. The first-order valence-corrected chi connectivity index (χ1v) is 7.13. The molecule has 0 bridgehead atoms. The lowest BCUT2D eigenvalue weighted by Gasteiger charge is -2.22. The Morgan fingerprint density at radius 3 is 2.78 bits per heavy atom. The predicted octanol–water partition coefficient (Wildman–Crippen LogP) is 3.60. The lowest BCUT2D eigenvalue weighted by molar-refractivity contribution is 0.0467. The van der Waals surface area contributed by atoms with Gasteiger partial charge in [0.05, 0.1) is 12.2 Å². The quantitative estimate of drug-likeness (QED) is 0.880. The first-order chi connectivity index (χ1) is 8.70. The smallest absolute Gasteiger partial charge is 0.0586 e. The number of rotatable bonds is 5. The number of nitrogens with one attached hydrogen (secondary N) is 1. The van der Waals surface area contributed by atoms with E-state index in [2.05, 4.69) is 24.4 Å². The molecule has 1 saturated heterocycles. The molecule has 18 heavy (non-hydrogen) atoms. The first-order valence-electron chi connectivity index (χ1n) is 6.75. The summed E-state index contributed by atoms with van der Waals surface area (Å²) in [7, 11) is 1.99. The van der Waals surface area contributed by atoms with Gasteiger partial charge in [-0.1, -0.05) is 29.8 Å². The number of ether oxygens (including phenoxy) is 1. The summed E-state index contributed by atoms with van der Waals surface area (Å²) >= 11 is 6.30. The molecule has 1 aromatic rings. The van der Waals surface area contributed by atoms with E-state index < -0.39 is 0 Å². The Hall–Kier alpha value is -0.570. The molecule has 3 unspecified atom stereocenters. The molecule has 0 aliphatic carbocycles. The maximum Gasteiger partial charge on any atom is 0.0586 e. The molecule has 1 aliphatic rings. The van der Waals surface area contributed by atoms with Gasteiger partial charge in [-0.3, -0.25) is 0 Å².